The van der Waals surface area contributed by atoms with Crippen LogP contribution in [-0.4, -0.2) is 54.9 Å². The Balaban J connectivity index is 1.51. The summed E-state index contributed by atoms with van der Waals surface area (Å²) < 4.78 is 4.95. The zero-order valence-corrected chi connectivity index (χ0v) is 13.6. The van der Waals surface area contributed by atoms with Gasteiger partial charge >= 0.3 is 6.09 Å². The molecule has 122 valence electrons. The Morgan fingerprint density at radius 2 is 2.00 bits per heavy atom. The predicted octanol–water partition coefficient (Wildman–Crippen LogP) is 2.47. The maximum absolute atomic E-state index is 11.5. The van der Waals surface area contributed by atoms with E-state index in [4.69, 9.17) is 4.74 Å². The Morgan fingerprint density at radius 3 is 2.65 bits per heavy atom. The van der Waals surface area contributed by atoms with Crippen LogP contribution in [0.2, 0.25) is 0 Å². The van der Waals surface area contributed by atoms with Gasteiger partial charge in [0.2, 0.25) is 0 Å². The summed E-state index contributed by atoms with van der Waals surface area (Å²) >= 11 is 0. The molecule has 0 bridgehead atoms. The van der Waals surface area contributed by atoms with Gasteiger partial charge in [-0.2, -0.15) is 0 Å². The topological polar surface area (TPSA) is 45.1 Å². The maximum atomic E-state index is 11.5. The molecule has 0 unspecified atom stereocenters. The molecule has 1 amide bonds. The van der Waals surface area contributed by atoms with Crippen LogP contribution >= 0.6 is 0 Å². The second kappa shape index (κ2) is 7.42. The van der Waals surface area contributed by atoms with Crippen LogP contribution in [0.1, 0.15) is 17.5 Å². The molecule has 0 atom stereocenters. The molecule has 5 heteroatoms. The maximum Gasteiger partial charge on any atom is 0.410 e. The van der Waals surface area contributed by atoms with Crippen LogP contribution in [0.25, 0.3) is 0 Å². The first-order valence-corrected chi connectivity index (χ1v) is 8.08. The number of cyclic esters (lactones) is 1. The number of nitrogens with zero attached hydrogens (tertiary/aromatic N) is 3. The van der Waals surface area contributed by atoms with Crippen LogP contribution in [-0.2, 0) is 17.8 Å². The minimum atomic E-state index is -0.213. The number of carbonyl (C=O) groups is 1. The SMILES string of the molecule is CN(CC1=NCCC=C1)Cc1ccc(CN2CCOC2=O)cc1. The Bertz CT molecular complexity index is 607. The summed E-state index contributed by atoms with van der Waals surface area (Å²) in [6.07, 6.45) is 5.15. The summed E-state index contributed by atoms with van der Waals surface area (Å²) in [5, 5.41) is 0. The van der Waals surface area contributed by atoms with Gasteiger partial charge in [0.1, 0.15) is 6.61 Å². The molecule has 2 aliphatic heterocycles. The van der Waals surface area contributed by atoms with Gasteiger partial charge in [0, 0.05) is 31.9 Å². The fourth-order valence-corrected chi connectivity index (χ4v) is 2.84. The molecule has 5 nitrogen and oxygen atoms in total. The van der Waals surface area contributed by atoms with Crippen molar-refractivity contribution >= 4 is 11.8 Å². The van der Waals surface area contributed by atoms with E-state index in [1.165, 1.54) is 5.56 Å². The van der Waals surface area contributed by atoms with E-state index in [9.17, 15) is 4.79 Å². The molecule has 0 saturated carbocycles. The van der Waals surface area contributed by atoms with Crippen molar-refractivity contribution in [1.29, 1.82) is 0 Å². The number of benzene rings is 1. The Morgan fingerprint density at radius 1 is 1.22 bits per heavy atom. The summed E-state index contributed by atoms with van der Waals surface area (Å²) in [5.74, 6) is 0. The van der Waals surface area contributed by atoms with Crippen molar-refractivity contribution in [3.05, 3.63) is 47.5 Å². The fourth-order valence-electron chi connectivity index (χ4n) is 2.84. The Kier molecular flexibility index (Phi) is 5.08. The number of aliphatic imine (C=N–C) groups is 1. The average Bonchev–Trinajstić information content (AvgIpc) is 2.95. The van der Waals surface area contributed by atoms with Gasteiger partial charge in [0.05, 0.1) is 6.54 Å². The summed E-state index contributed by atoms with van der Waals surface area (Å²) in [4.78, 5) is 20.0. The highest BCUT2D eigenvalue weighted by atomic mass is 16.6. The van der Waals surface area contributed by atoms with Crippen LogP contribution in [0.4, 0.5) is 4.79 Å². The standard InChI is InChI=1S/C18H23N3O2/c1-20(14-17-4-2-3-9-19-17)12-15-5-7-16(8-6-15)13-21-10-11-23-18(21)22/h2,4-8H,3,9-14H2,1H3. The third-order valence-electron chi connectivity index (χ3n) is 4.05. The van der Waals surface area contributed by atoms with Crippen molar-refractivity contribution in [2.45, 2.75) is 19.5 Å². The Labute approximate surface area is 137 Å². The summed E-state index contributed by atoms with van der Waals surface area (Å²) in [5.41, 5.74) is 3.55. The predicted molar refractivity (Wildman–Crippen MR) is 90.6 cm³/mol. The van der Waals surface area contributed by atoms with E-state index in [1.807, 2.05) is 0 Å². The van der Waals surface area contributed by atoms with Crippen molar-refractivity contribution in [3.8, 4) is 0 Å². The normalized spacial score (nSPS) is 17.6. The monoisotopic (exact) mass is 313 g/mol. The minimum absolute atomic E-state index is 0.213. The lowest BCUT2D eigenvalue weighted by Gasteiger charge is -2.18. The van der Waals surface area contributed by atoms with Crippen LogP contribution in [0.5, 0.6) is 0 Å². The first-order chi connectivity index (χ1) is 11.2. The highest BCUT2D eigenvalue weighted by Gasteiger charge is 2.21. The van der Waals surface area contributed by atoms with E-state index in [1.54, 1.807) is 4.90 Å². The molecule has 1 aromatic rings. The van der Waals surface area contributed by atoms with Crippen molar-refractivity contribution < 1.29 is 9.53 Å². The average molecular weight is 313 g/mol. The Hall–Kier alpha value is -2.14. The first-order valence-electron chi connectivity index (χ1n) is 8.08. The number of rotatable bonds is 6. The fraction of sp³-hybridized carbons (Fsp3) is 0.444. The van der Waals surface area contributed by atoms with Crippen molar-refractivity contribution in [3.63, 3.8) is 0 Å². The van der Waals surface area contributed by atoms with Crippen molar-refractivity contribution in [2.24, 2.45) is 4.99 Å². The number of ether oxygens (including phenoxy) is 1. The van der Waals surface area contributed by atoms with Crippen LogP contribution in [0.15, 0.2) is 41.4 Å². The third kappa shape index (κ3) is 4.42. The summed E-state index contributed by atoms with van der Waals surface area (Å²) in [6, 6.07) is 8.44. The van der Waals surface area contributed by atoms with E-state index in [0.717, 1.165) is 37.3 Å². The molecule has 1 fully saturated rings. The van der Waals surface area contributed by atoms with Crippen LogP contribution in [0.3, 0.4) is 0 Å². The lowest BCUT2D eigenvalue weighted by atomic mass is 10.1. The smallest absolute Gasteiger partial charge is 0.410 e. The number of dihydropyridines is 1. The number of amides is 1. The van der Waals surface area contributed by atoms with Gasteiger partial charge in [0.15, 0.2) is 0 Å². The molecule has 0 radical (unpaired) electrons. The second-order valence-corrected chi connectivity index (χ2v) is 6.09. The second-order valence-electron chi connectivity index (χ2n) is 6.09. The number of carbonyl (C=O) groups excluding carboxylic acids is 1. The number of hydrogen-bond acceptors (Lipinski definition) is 4. The van der Waals surface area contributed by atoms with E-state index < -0.39 is 0 Å². The quantitative estimate of drug-likeness (QED) is 0.810. The molecule has 0 N–H and O–H groups in total. The molecule has 1 saturated heterocycles. The molecule has 0 spiro atoms. The highest BCUT2D eigenvalue weighted by Crippen LogP contribution is 2.12. The lowest BCUT2D eigenvalue weighted by molar-refractivity contribution is 0.157. The molecule has 0 aliphatic carbocycles. The first kappa shape index (κ1) is 15.7. The molecule has 2 heterocycles. The van der Waals surface area contributed by atoms with E-state index in [2.05, 4.69) is 53.4 Å². The molecular formula is C18H23N3O2. The summed E-state index contributed by atoms with van der Waals surface area (Å²) in [6.45, 7) is 4.47. The van der Waals surface area contributed by atoms with E-state index in [-0.39, 0.29) is 6.09 Å². The molecule has 2 aliphatic rings. The van der Waals surface area contributed by atoms with Crippen LogP contribution < -0.4 is 0 Å². The van der Waals surface area contributed by atoms with Gasteiger partial charge in [-0.15, -0.1) is 0 Å². The molecule has 23 heavy (non-hydrogen) atoms. The van der Waals surface area contributed by atoms with Gasteiger partial charge in [-0.25, -0.2) is 4.79 Å². The number of hydrogen-bond donors (Lipinski definition) is 0. The van der Waals surface area contributed by atoms with Gasteiger partial charge in [0.25, 0.3) is 0 Å². The van der Waals surface area contributed by atoms with Gasteiger partial charge in [-0.05, 0) is 30.7 Å². The molecule has 0 aromatic heterocycles. The molecule has 1 aromatic carbocycles. The zero-order valence-electron chi connectivity index (χ0n) is 13.6. The lowest BCUT2D eigenvalue weighted by Crippen LogP contribution is -2.25. The van der Waals surface area contributed by atoms with Gasteiger partial charge < -0.3 is 9.64 Å². The minimum Gasteiger partial charge on any atom is -0.448 e. The summed E-state index contributed by atoms with van der Waals surface area (Å²) in [7, 11) is 2.11. The van der Waals surface area contributed by atoms with Crippen molar-refractivity contribution in [1.82, 2.24) is 9.80 Å². The third-order valence-corrected chi connectivity index (χ3v) is 4.05. The van der Waals surface area contributed by atoms with Gasteiger partial charge in [-0.1, -0.05) is 30.3 Å². The largest absolute Gasteiger partial charge is 0.448 e. The van der Waals surface area contributed by atoms with Crippen LogP contribution in [0, 0.1) is 0 Å². The van der Waals surface area contributed by atoms with Crippen molar-refractivity contribution in [2.75, 3.05) is 33.3 Å². The molecule has 3 rings (SSSR count). The highest BCUT2D eigenvalue weighted by molar-refractivity contribution is 5.97. The zero-order chi connectivity index (χ0) is 16.1. The van der Waals surface area contributed by atoms with E-state index >= 15 is 0 Å². The van der Waals surface area contributed by atoms with E-state index in [0.29, 0.717) is 19.7 Å². The molecular weight excluding hydrogens is 290 g/mol. The van der Waals surface area contributed by atoms with Gasteiger partial charge in [-0.3, -0.25) is 9.89 Å².